The number of benzene rings is 1. The third-order valence-corrected chi connectivity index (χ3v) is 4.08. The van der Waals surface area contributed by atoms with Gasteiger partial charge in [0.15, 0.2) is 0 Å². The summed E-state index contributed by atoms with van der Waals surface area (Å²) in [6.07, 6.45) is 3.78. The van der Waals surface area contributed by atoms with Crippen molar-refractivity contribution in [2.45, 2.75) is 37.8 Å². The van der Waals surface area contributed by atoms with Gasteiger partial charge in [-0.3, -0.25) is 9.59 Å². The maximum Gasteiger partial charge on any atom is 0.264 e. The predicted octanol–water partition coefficient (Wildman–Crippen LogP) is 2.17. The van der Waals surface area contributed by atoms with Crippen molar-refractivity contribution < 1.29 is 18.3 Å². The molecule has 2 N–H and O–H groups in total. The van der Waals surface area contributed by atoms with Gasteiger partial charge in [0.05, 0.1) is 17.9 Å². The molecule has 0 unspecified atom stereocenters. The Morgan fingerprint density at radius 3 is 2.44 bits per heavy atom. The Hall–Kier alpha value is -2.77. The molecule has 8 heteroatoms. The Labute approximate surface area is 142 Å². The van der Waals surface area contributed by atoms with E-state index in [0.717, 1.165) is 18.2 Å². The van der Waals surface area contributed by atoms with Crippen LogP contribution in [-0.4, -0.2) is 28.3 Å². The van der Waals surface area contributed by atoms with Crippen LogP contribution in [0.2, 0.25) is 0 Å². The van der Waals surface area contributed by atoms with Crippen LogP contribution in [0.5, 0.6) is 5.75 Å². The second kappa shape index (κ2) is 7.42. The summed E-state index contributed by atoms with van der Waals surface area (Å²) in [7, 11) is 0. The average Bonchev–Trinajstić information content (AvgIpc) is 2.56. The largest absolute Gasteiger partial charge is 0.490 e. The summed E-state index contributed by atoms with van der Waals surface area (Å²) in [6, 6.07) is 4.24. The van der Waals surface area contributed by atoms with Gasteiger partial charge in [-0.2, -0.15) is 5.10 Å². The van der Waals surface area contributed by atoms with Gasteiger partial charge in [-0.05, 0) is 25.7 Å². The molecular weight excluding hydrogens is 332 g/mol. The number of amides is 1. The number of carbonyl (C=O) groups is 1. The molecule has 3 rings (SSSR count). The van der Waals surface area contributed by atoms with E-state index in [-0.39, 0.29) is 29.4 Å². The monoisotopic (exact) mass is 349 g/mol. The predicted molar refractivity (Wildman–Crippen MR) is 85.4 cm³/mol. The van der Waals surface area contributed by atoms with Crippen LogP contribution in [0, 0.1) is 11.6 Å². The number of halogens is 2. The van der Waals surface area contributed by atoms with Crippen molar-refractivity contribution in [1.82, 2.24) is 15.5 Å². The van der Waals surface area contributed by atoms with E-state index in [1.807, 2.05) is 0 Å². The lowest BCUT2D eigenvalue weighted by Gasteiger charge is -2.29. The van der Waals surface area contributed by atoms with Crippen molar-refractivity contribution in [3.63, 3.8) is 0 Å². The van der Waals surface area contributed by atoms with E-state index in [2.05, 4.69) is 15.5 Å². The molecule has 1 amide bonds. The van der Waals surface area contributed by atoms with Crippen LogP contribution in [0.25, 0.3) is 0 Å². The van der Waals surface area contributed by atoms with Crippen LogP contribution in [0.3, 0.4) is 0 Å². The topological polar surface area (TPSA) is 84.1 Å². The third kappa shape index (κ3) is 4.62. The zero-order valence-electron chi connectivity index (χ0n) is 13.3. The van der Waals surface area contributed by atoms with Gasteiger partial charge in [-0.1, -0.05) is 0 Å². The Bertz CT molecular complexity index is 797. The molecule has 0 spiro atoms. The summed E-state index contributed by atoms with van der Waals surface area (Å²) < 4.78 is 32.0. The van der Waals surface area contributed by atoms with Gasteiger partial charge < -0.3 is 10.1 Å². The quantitative estimate of drug-likeness (QED) is 0.886. The number of aromatic nitrogens is 2. The summed E-state index contributed by atoms with van der Waals surface area (Å²) in [5.41, 5.74) is -0.232. The minimum Gasteiger partial charge on any atom is -0.490 e. The standard InChI is InChI=1S/C17H17F2N3O3/c18-11-6-12(19)8-15(7-11)25-14-3-1-13(2-4-14)21-17(24)10-5-16(23)22-20-9-10/h5-9,13-14H,1-4H2,(H,21,24)(H,22,23). The number of hydrogen-bond donors (Lipinski definition) is 2. The van der Waals surface area contributed by atoms with Crippen LogP contribution in [0.15, 0.2) is 35.3 Å². The molecule has 2 aromatic rings. The van der Waals surface area contributed by atoms with Gasteiger partial charge in [0.2, 0.25) is 0 Å². The summed E-state index contributed by atoms with van der Waals surface area (Å²) in [6.45, 7) is 0. The molecule has 6 nitrogen and oxygen atoms in total. The average molecular weight is 349 g/mol. The van der Waals surface area contributed by atoms with Crippen molar-refractivity contribution in [2.75, 3.05) is 0 Å². The van der Waals surface area contributed by atoms with E-state index in [0.29, 0.717) is 25.7 Å². The van der Waals surface area contributed by atoms with Crippen molar-refractivity contribution >= 4 is 5.91 Å². The first kappa shape index (κ1) is 17.1. The first-order chi connectivity index (χ1) is 12.0. The molecule has 0 radical (unpaired) electrons. The minimum atomic E-state index is -0.678. The van der Waals surface area contributed by atoms with Crippen LogP contribution in [-0.2, 0) is 0 Å². The Balaban J connectivity index is 1.51. The Kier molecular flexibility index (Phi) is 5.06. The smallest absolute Gasteiger partial charge is 0.264 e. The summed E-state index contributed by atoms with van der Waals surface area (Å²) >= 11 is 0. The fourth-order valence-corrected chi connectivity index (χ4v) is 2.88. The van der Waals surface area contributed by atoms with Gasteiger partial charge in [-0.15, -0.1) is 0 Å². The molecule has 1 fully saturated rings. The van der Waals surface area contributed by atoms with E-state index < -0.39 is 17.2 Å². The molecular formula is C17H17F2N3O3. The van der Waals surface area contributed by atoms with Crippen molar-refractivity contribution in [3.8, 4) is 5.75 Å². The van der Waals surface area contributed by atoms with E-state index in [1.165, 1.54) is 12.3 Å². The molecule has 0 atom stereocenters. The number of aromatic amines is 1. The molecule has 25 heavy (non-hydrogen) atoms. The molecule has 1 saturated carbocycles. The van der Waals surface area contributed by atoms with Crippen LogP contribution >= 0.6 is 0 Å². The maximum atomic E-state index is 13.2. The molecule has 132 valence electrons. The second-order valence-electron chi connectivity index (χ2n) is 6.00. The highest BCUT2D eigenvalue weighted by molar-refractivity contribution is 5.93. The number of carbonyl (C=O) groups excluding carboxylic acids is 1. The second-order valence-corrected chi connectivity index (χ2v) is 6.00. The summed E-state index contributed by atoms with van der Waals surface area (Å²) in [5, 5.41) is 8.66. The first-order valence-electron chi connectivity index (χ1n) is 7.98. The molecule has 0 bridgehead atoms. The van der Waals surface area contributed by atoms with E-state index in [1.54, 1.807) is 0 Å². The highest BCUT2D eigenvalue weighted by Gasteiger charge is 2.24. The molecule has 0 aliphatic heterocycles. The van der Waals surface area contributed by atoms with E-state index in [4.69, 9.17) is 4.74 Å². The molecule has 1 heterocycles. The van der Waals surface area contributed by atoms with E-state index in [9.17, 15) is 18.4 Å². The normalized spacial score (nSPS) is 20.1. The van der Waals surface area contributed by atoms with Gasteiger partial charge in [0, 0.05) is 30.3 Å². The van der Waals surface area contributed by atoms with Gasteiger partial charge in [0.25, 0.3) is 11.5 Å². The fourth-order valence-electron chi connectivity index (χ4n) is 2.88. The molecule has 0 saturated heterocycles. The van der Waals surface area contributed by atoms with Gasteiger partial charge in [0.1, 0.15) is 17.4 Å². The van der Waals surface area contributed by atoms with E-state index >= 15 is 0 Å². The number of rotatable bonds is 4. The molecule has 1 aromatic carbocycles. The Morgan fingerprint density at radius 2 is 1.80 bits per heavy atom. The molecule has 1 aromatic heterocycles. The highest BCUT2D eigenvalue weighted by atomic mass is 19.1. The number of H-pyrrole nitrogens is 1. The van der Waals surface area contributed by atoms with Crippen molar-refractivity contribution in [2.24, 2.45) is 0 Å². The zero-order chi connectivity index (χ0) is 17.8. The third-order valence-electron chi connectivity index (χ3n) is 4.08. The van der Waals surface area contributed by atoms with Gasteiger partial charge >= 0.3 is 0 Å². The van der Waals surface area contributed by atoms with Crippen LogP contribution in [0.4, 0.5) is 8.78 Å². The lowest BCUT2D eigenvalue weighted by molar-refractivity contribution is 0.0892. The van der Waals surface area contributed by atoms with Crippen LogP contribution < -0.4 is 15.6 Å². The number of nitrogens with one attached hydrogen (secondary N) is 2. The fraction of sp³-hybridized carbons (Fsp3) is 0.353. The lowest BCUT2D eigenvalue weighted by atomic mass is 9.92. The highest BCUT2D eigenvalue weighted by Crippen LogP contribution is 2.25. The van der Waals surface area contributed by atoms with Gasteiger partial charge in [-0.25, -0.2) is 13.9 Å². The zero-order valence-corrected chi connectivity index (χ0v) is 13.3. The van der Waals surface area contributed by atoms with Crippen LogP contribution in [0.1, 0.15) is 36.0 Å². The van der Waals surface area contributed by atoms with Crippen molar-refractivity contribution in [1.29, 1.82) is 0 Å². The SMILES string of the molecule is O=C(NC1CCC(Oc2cc(F)cc(F)c2)CC1)c1cn[nH]c(=O)c1. The maximum absolute atomic E-state index is 13.2. The minimum absolute atomic E-state index is 0.0455. The lowest BCUT2D eigenvalue weighted by Crippen LogP contribution is -2.40. The molecule has 1 aliphatic carbocycles. The number of nitrogens with zero attached hydrogens (tertiary/aromatic N) is 1. The van der Waals surface area contributed by atoms with Crippen molar-refractivity contribution in [3.05, 3.63) is 58.0 Å². The first-order valence-corrected chi connectivity index (χ1v) is 7.98. The summed E-state index contributed by atoms with van der Waals surface area (Å²) in [4.78, 5) is 23.3. The number of hydrogen-bond acceptors (Lipinski definition) is 4. The number of ether oxygens (including phenoxy) is 1. The molecule has 1 aliphatic rings. The Morgan fingerprint density at radius 1 is 1.12 bits per heavy atom. The summed E-state index contributed by atoms with van der Waals surface area (Å²) in [5.74, 6) is -1.54.